The van der Waals surface area contributed by atoms with Gasteiger partial charge in [0, 0.05) is 0 Å². The predicted octanol–water partition coefficient (Wildman–Crippen LogP) is 0.826. The van der Waals surface area contributed by atoms with Crippen LogP contribution >= 0.6 is 0 Å². The van der Waals surface area contributed by atoms with Crippen LogP contribution in [0.15, 0.2) is 22.8 Å². The standard InChI is InChI=1S/C13H23N3O2/c1-11(14-7-5-8-16(2)3)13(17)15-10-12-6-4-9-18-12/h4,6,9,11,14H,5,7-8,10H2,1-3H3,(H,15,17). The summed E-state index contributed by atoms with van der Waals surface area (Å²) < 4.78 is 5.15. The van der Waals surface area contributed by atoms with Gasteiger partial charge in [-0.05, 0) is 52.7 Å². The lowest BCUT2D eigenvalue weighted by Crippen LogP contribution is -2.42. The molecule has 1 aromatic heterocycles. The van der Waals surface area contributed by atoms with Gasteiger partial charge in [0.25, 0.3) is 0 Å². The Bertz CT molecular complexity index is 336. The van der Waals surface area contributed by atoms with Gasteiger partial charge >= 0.3 is 0 Å². The van der Waals surface area contributed by atoms with Gasteiger partial charge in [-0.1, -0.05) is 0 Å². The third-order valence-electron chi connectivity index (χ3n) is 2.64. The Balaban J connectivity index is 2.12. The van der Waals surface area contributed by atoms with Crippen molar-refractivity contribution in [2.24, 2.45) is 0 Å². The minimum absolute atomic E-state index is 0.00347. The van der Waals surface area contributed by atoms with Crippen LogP contribution in [0.4, 0.5) is 0 Å². The molecular weight excluding hydrogens is 230 g/mol. The lowest BCUT2D eigenvalue weighted by molar-refractivity contribution is -0.123. The number of carbonyl (C=O) groups is 1. The smallest absolute Gasteiger partial charge is 0.237 e. The van der Waals surface area contributed by atoms with E-state index in [1.807, 2.05) is 33.2 Å². The maximum absolute atomic E-state index is 11.7. The van der Waals surface area contributed by atoms with Crippen LogP contribution in [-0.2, 0) is 11.3 Å². The van der Waals surface area contributed by atoms with Crippen molar-refractivity contribution in [3.05, 3.63) is 24.2 Å². The van der Waals surface area contributed by atoms with Crippen LogP contribution in [0.3, 0.4) is 0 Å². The molecule has 1 aromatic rings. The van der Waals surface area contributed by atoms with E-state index in [1.54, 1.807) is 6.26 Å². The van der Waals surface area contributed by atoms with Crippen LogP contribution in [0.1, 0.15) is 19.1 Å². The first-order valence-electron chi connectivity index (χ1n) is 6.28. The largest absolute Gasteiger partial charge is 0.467 e. The van der Waals surface area contributed by atoms with Crippen LogP contribution in [0, 0.1) is 0 Å². The Morgan fingerprint density at radius 3 is 2.89 bits per heavy atom. The summed E-state index contributed by atoms with van der Waals surface area (Å²) in [5.41, 5.74) is 0. The van der Waals surface area contributed by atoms with Crippen molar-refractivity contribution in [2.45, 2.75) is 25.9 Å². The summed E-state index contributed by atoms with van der Waals surface area (Å²) in [5, 5.41) is 6.03. The summed E-state index contributed by atoms with van der Waals surface area (Å²) in [6.45, 7) is 4.17. The van der Waals surface area contributed by atoms with Crippen molar-refractivity contribution in [3.63, 3.8) is 0 Å². The van der Waals surface area contributed by atoms with Gasteiger partial charge in [-0.15, -0.1) is 0 Å². The maximum Gasteiger partial charge on any atom is 0.237 e. The summed E-state index contributed by atoms with van der Waals surface area (Å²) >= 11 is 0. The van der Waals surface area contributed by atoms with Crippen molar-refractivity contribution in [3.8, 4) is 0 Å². The van der Waals surface area contributed by atoms with Crippen LogP contribution in [-0.4, -0.2) is 44.0 Å². The average Bonchev–Trinajstić information content (AvgIpc) is 2.84. The average molecular weight is 253 g/mol. The number of rotatable bonds is 8. The van der Waals surface area contributed by atoms with Gasteiger partial charge < -0.3 is 20.0 Å². The zero-order valence-electron chi connectivity index (χ0n) is 11.4. The molecule has 1 rings (SSSR count). The lowest BCUT2D eigenvalue weighted by Gasteiger charge is -2.14. The zero-order valence-corrected chi connectivity index (χ0v) is 11.4. The minimum atomic E-state index is -0.179. The third-order valence-corrected chi connectivity index (χ3v) is 2.64. The van der Waals surface area contributed by atoms with Crippen molar-refractivity contribution >= 4 is 5.91 Å². The fourth-order valence-corrected chi connectivity index (χ4v) is 1.55. The molecule has 0 saturated heterocycles. The van der Waals surface area contributed by atoms with Gasteiger partial charge in [-0.2, -0.15) is 0 Å². The highest BCUT2D eigenvalue weighted by molar-refractivity contribution is 5.81. The molecular formula is C13H23N3O2. The highest BCUT2D eigenvalue weighted by Gasteiger charge is 2.11. The molecule has 5 nitrogen and oxygen atoms in total. The zero-order chi connectivity index (χ0) is 13.4. The summed E-state index contributed by atoms with van der Waals surface area (Å²) in [6.07, 6.45) is 2.63. The van der Waals surface area contributed by atoms with Crippen molar-refractivity contribution in [1.82, 2.24) is 15.5 Å². The van der Waals surface area contributed by atoms with Crippen molar-refractivity contribution in [2.75, 3.05) is 27.2 Å². The topological polar surface area (TPSA) is 57.5 Å². The molecule has 0 aliphatic rings. The maximum atomic E-state index is 11.7. The first-order valence-corrected chi connectivity index (χ1v) is 6.28. The van der Waals surface area contributed by atoms with Crippen LogP contribution in [0.2, 0.25) is 0 Å². The van der Waals surface area contributed by atoms with E-state index in [1.165, 1.54) is 0 Å². The second-order valence-corrected chi connectivity index (χ2v) is 4.63. The number of nitrogens with zero attached hydrogens (tertiary/aromatic N) is 1. The van der Waals surface area contributed by atoms with Crippen LogP contribution < -0.4 is 10.6 Å². The molecule has 1 atom stereocenters. The Morgan fingerprint density at radius 2 is 2.28 bits per heavy atom. The summed E-state index contributed by atoms with van der Waals surface area (Å²) in [6, 6.07) is 3.47. The Kier molecular flexibility index (Phi) is 6.46. The number of hydrogen-bond acceptors (Lipinski definition) is 4. The minimum Gasteiger partial charge on any atom is -0.467 e. The summed E-state index contributed by atoms with van der Waals surface area (Å²) in [7, 11) is 4.08. The van der Waals surface area contributed by atoms with Crippen LogP contribution in [0.5, 0.6) is 0 Å². The number of hydrogen-bond donors (Lipinski definition) is 2. The van der Waals surface area contributed by atoms with E-state index in [0.717, 1.165) is 25.3 Å². The molecule has 18 heavy (non-hydrogen) atoms. The monoisotopic (exact) mass is 253 g/mol. The van der Waals surface area contributed by atoms with Gasteiger partial charge in [0.1, 0.15) is 5.76 Å². The summed E-state index contributed by atoms with van der Waals surface area (Å²) in [5.74, 6) is 0.763. The highest BCUT2D eigenvalue weighted by Crippen LogP contribution is 1.98. The van der Waals surface area contributed by atoms with Gasteiger partial charge in [0.05, 0.1) is 18.8 Å². The fraction of sp³-hybridized carbons (Fsp3) is 0.615. The van der Waals surface area contributed by atoms with Gasteiger partial charge in [-0.3, -0.25) is 4.79 Å². The lowest BCUT2D eigenvalue weighted by atomic mass is 10.3. The molecule has 0 aliphatic carbocycles. The van der Waals surface area contributed by atoms with E-state index in [-0.39, 0.29) is 11.9 Å². The highest BCUT2D eigenvalue weighted by atomic mass is 16.3. The first-order chi connectivity index (χ1) is 8.59. The SMILES string of the molecule is CC(NCCCN(C)C)C(=O)NCc1ccco1. The molecule has 0 aliphatic heterocycles. The van der Waals surface area contributed by atoms with E-state index in [4.69, 9.17) is 4.42 Å². The Hall–Kier alpha value is -1.33. The molecule has 0 bridgehead atoms. The van der Waals surface area contributed by atoms with E-state index < -0.39 is 0 Å². The third kappa shape index (κ3) is 5.84. The fourth-order valence-electron chi connectivity index (χ4n) is 1.55. The van der Waals surface area contributed by atoms with E-state index in [0.29, 0.717) is 6.54 Å². The number of amides is 1. The first kappa shape index (κ1) is 14.7. The molecule has 1 unspecified atom stereocenters. The van der Waals surface area contributed by atoms with E-state index in [9.17, 15) is 4.79 Å². The van der Waals surface area contributed by atoms with Gasteiger partial charge in [-0.25, -0.2) is 0 Å². The van der Waals surface area contributed by atoms with Crippen molar-refractivity contribution in [1.29, 1.82) is 0 Å². The quantitative estimate of drug-likeness (QED) is 0.674. The molecule has 0 aromatic carbocycles. The van der Waals surface area contributed by atoms with E-state index in [2.05, 4.69) is 15.5 Å². The number of carbonyl (C=O) groups excluding carboxylic acids is 1. The van der Waals surface area contributed by atoms with E-state index >= 15 is 0 Å². The molecule has 0 radical (unpaired) electrons. The normalized spacial score (nSPS) is 12.7. The number of nitrogens with one attached hydrogen (secondary N) is 2. The van der Waals surface area contributed by atoms with Gasteiger partial charge in [0.15, 0.2) is 0 Å². The molecule has 102 valence electrons. The van der Waals surface area contributed by atoms with Crippen LogP contribution in [0.25, 0.3) is 0 Å². The Morgan fingerprint density at radius 1 is 1.50 bits per heavy atom. The molecule has 1 heterocycles. The second kappa shape index (κ2) is 7.89. The molecule has 2 N–H and O–H groups in total. The predicted molar refractivity (Wildman–Crippen MR) is 71.2 cm³/mol. The molecule has 1 amide bonds. The molecule has 0 saturated carbocycles. The molecule has 5 heteroatoms. The Labute approximate surface area is 109 Å². The second-order valence-electron chi connectivity index (χ2n) is 4.63. The van der Waals surface area contributed by atoms with Gasteiger partial charge in [0.2, 0.25) is 5.91 Å². The van der Waals surface area contributed by atoms with Crippen molar-refractivity contribution < 1.29 is 9.21 Å². The summed E-state index contributed by atoms with van der Waals surface area (Å²) in [4.78, 5) is 13.9. The molecule has 0 fully saturated rings. The molecule has 0 spiro atoms. The number of furan rings is 1.